The topological polar surface area (TPSA) is 46.5 Å². The molecule has 0 heterocycles. The van der Waals surface area contributed by atoms with E-state index < -0.39 is 0 Å². The lowest BCUT2D eigenvalue weighted by Gasteiger charge is -2.10. The van der Waals surface area contributed by atoms with Crippen molar-refractivity contribution < 1.29 is 14.6 Å². The minimum absolute atomic E-state index is 0.0160. The SMILES string of the molecule is O=Cc1ccc(COc2c(Cl)cc(O)cc2Cl)cc1. The fraction of sp³-hybridized carbons (Fsp3) is 0.0714. The summed E-state index contributed by atoms with van der Waals surface area (Å²) in [5.74, 6) is 0.304. The van der Waals surface area contributed by atoms with E-state index in [1.54, 1.807) is 24.3 Å². The van der Waals surface area contributed by atoms with Gasteiger partial charge >= 0.3 is 0 Å². The molecule has 0 radical (unpaired) electrons. The summed E-state index contributed by atoms with van der Waals surface area (Å²) in [6.45, 7) is 0.267. The number of phenols is 1. The third kappa shape index (κ3) is 3.40. The van der Waals surface area contributed by atoms with Gasteiger partial charge in [0.05, 0.1) is 10.0 Å². The molecule has 0 aliphatic heterocycles. The Morgan fingerprint density at radius 2 is 1.68 bits per heavy atom. The van der Waals surface area contributed by atoms with Crippen molar-refractivity contribution in [3.63, 3.8) is 0 Å². The number of benzene rings is 2. The lowest BCUT2D eigenvalue weighted by molar-refractivity contribution is 0.112. The molecule has 5 heteroatoms. The predicted molar refractivity (Wildman–Crippen MR) is 74.3 cm³/mol. The molecule has 0 unspecified atom stereocenters. The number of halogens is 2. The summed E-state index contributed by atoms with van der Waals surface area (Å²) in [6.07, 6.45) is 0.776. The Bertz CT molecular complexity index is 571. The molecule has 0 amide bonds. The second-order valence-electron chi connectivity index (χ2n) is 3.89. The van der Waals surface area contributed by atoms with E-state index in [4.69, 9.17) is 27.9 Å². The summed E-state index contributed by atoms with van der Waals surface area (Å²) in [4.78, 5) is 10.5. The van der Waals surface area contributed by atoms with Crippen LogP contribution >= 0.6 is 23.2 Å². The van der Waals surface area contributed by atoms with Crippen LogP contribution in [0.15, 0.2) is 36.4 Å². The first kappa shape index (κ1) is 13.7. The van der Waals surface area contributed by atoms with Crippen molar-refractivity contribution in [3.05, 3.63) is 57.6 Å². The van der Waals surface area contributed by atoms with Gasteiger partial charge in [-0.2, -0.15) is 0 Å². The van der Waals surface area contributed by atoms with Crippen molar-refractivity contribution in [2.45, 2.75) is 6.61 Å². The quantitative estimate of drug-likeness (QED) is 0.865. The average molecular weight is 297 g/mol. The molecule has 98 valence electrons. The number of hydrogen-bond acceptors (Lipinski definition) is 3. The van der Waals surface area contributed by atoms with Crippen molar-refractivity contribution in [1.82, 2.24) is 0 Å². The maximum atomic E-state index is 10.5. The molecule has 0 bridgehead atoms. The highest BCUT2D eigenvalue weighted by molar-refractivity contribution is 6.37. The first-order chi connectivity index (χ1) is 9.10. The van der Waals surface area contributed by atoms with E-state index in [-0.39, 0.29) is 22.4 Å². The largest absolute Gasteiger partial charge is 0.508 e. The molecule has 0 aromatic heterocycles. The van der Waals surface area contributed by atoms with Gasteiger partial charge in [0.25, 0.3) is 0 Å². The zero-order valence-electron chi connectivity index (χ0n) is 9.77. The van der Waals surface area contributed by atoms with Gasteiger partial charge in [-0.3, -0.25) is 4.79 Å². The third-order valence-electron chi connectivity index (χ3n) is 2.48. The molecule has 19 heavy (non-hydrogen) atoms. The van der Waals surface area contributed by atoms with Crippen molar-refractivity contribution in [1.29, 1.82) is 0 Å². The molecular weight excluding hydrogens is 287 g/mol. The Labute approximate surface area is 120 Å². The highest BCUT2D eigenvalue weighted by Crippen LogP contribution is 2.36. The van der Waals surface area contributed by atoms with Crippen LogP contribution in [-0.2, 0) is 6.61 Å². The monoisotopic (exact) mass is 296 g/mol. The first-order valence-corrected chi connectivity index (χ1v) is 6.20. The molecule has 0 aliphatic rings. The molecular formula is C14H10Cl2O3. The van der Waals surface area contributed by atoms with Crippen molar-refractivity contribution in [3.8, 4) is 11.5 Å². The number of carbonyl (C=O) groups excluding carboxylic acids is 1. The minimum atomic E-state index is -0.0160. The van der Waals surface area contributed by atoms with E-state index in [1.165, 1.54) is 12.1 Å². The lowest BCUT2D eigenvalue weighted by Crippen LogP contribution is -1.97. The zero-order valence-corrected chi connectivity index (χ0v) is 11.3. The molecule has 2 rings (SSSR count). The van der Waals surface area contributed by atoms with Crippen LogP contribution in [0.3, 0.4) is 0 Å². The summed E-state index contributed by atoms with van der Waals surface area (Å²) in [6, 6.07) is 9.69. The van der Waals surface area contributed by atoms with Gasteiger partial charge in [0, 0.05) is 17.7 Å². The lowest BCUT2D eigenvalue weighted by atomic mass is 10.2. The van der Waals surface area contributed by atoms with Gasteiger partial charge in [-0.15, -0.1) is 0 Å². The maximum Gasteiger partial charge on any atom is 0.157 e. The molecule has 2 aromatic rings. The Morgan fingerprint density at radius 1 is 1.11 bits per heavy atom. The van der Waals surface area contributed by atoms with Gasteiger partial charge in [-0.05, 0) is 5.56 Å². The van der Waals surface area contributed by atoms with E-state index in [2.05, 4.69) is 0 Å². The summed E-state index contributed by atoms with van der Waals surface area (Å²) < 4.78 is 5.52. The van der Waals surface area contributed by atoms with E-state index in [0.29, 0.717) is 11.3 Å². The van der Waals surface area contributed by atoms with E-state index in [9.17, 15) is 9.90 Å². The second-order valence-corrected chi connectivity index (χ2v) is 4.70. The normalized spacial score (nSPS) is 10.2. The van der Waals surface area contributed by atoms with E-state index in [0.717, 1.165) is 11.8 Å². The smallest absolute Gasteiger partial charge is 0.157 e. The summed E-state index contributed by atoms with van der Waals surface area (Å²) >= 11 is 11.9. The first-order valence-electron chi connectivity index (χ1n) is 5.45. The molecule has 0 aliphatic carbocycles. The maximum absolute atomic E-state index is 10.5. The molecule has 3 nitrogen and oxygen atoms in total. The Balaban J connectivity index is 2.12. The number of aromatic hydroxyl groups is 1. The van der Waals surface area contributed by atoms with Crippen LogP contribution < -0.4 is 4.74 Å². The molecule has 0 fully saturated rings. The highest BCUT2D eigenvalue weighted by Gasteiger charge is 2.09. The average Bonchev–Trinajstić information content (AvgIpc) is 2.38. The molecule has 0 saturated heterocycles. The van der Waals surface area contributed by atoms with Gasteiger partial charge in [0.15, 0.2) is 5.75 Å². The summed E-state index contributed by atoms with van der Waals surface area (Å²) in [5, 5.41) is 9.79. The summed E-state index contributed by atoms with van der Waals surface area (Å²) in [7, 11) is 0. The van der Waals surface area contributed by atoms with Crippen molar-refractivity contribution >= 4 is 29.5 Å². The highest BCUT2D eigenvalue weighted by atomic mass is 35.5. The molecule has 1 N–H and O–H groups in total. The number of aldehydes is 1. The van der Waals surface area contributed by atoms with Gasteiger partial charge in [-0.1, -0.05) is 47.5 Å². The zero-order chi connectivity index (χ0) is 13.8. The number of hydrogen-bond donors (Lipinski definition) is 1. The van der Waals surface area contributed by atoms with Gasteiger partial charge in [0.2, 0.25) is 0 Å². The molecule has 0 atom stereocenters. The predicted octanol–water partition coefficient (Wildman–Crippen LogP) is 4.09. The Hall–Kier alpha value is -1.71. The van der Waals surface area contributed by atoms with E-state index in [1.807, 2.05) is 0 Å². The number of phenolic OH excluding ortho intramolecular Hbond substituents is 1. The second kappa shape index (κ2) is 5.95. The van der Waals surface area contributed by atoms with Crippen LogP contribution in [0.4, 0.5) is 0 Å². The van der Waals surface area contributed by atoms with Crippen LogP contribution in [0.25, 0.3) is 0 Å². The van der Waals surface area contributed by atoms with Crippen LogP contribution in [0.2, 0.25) is 10.0 Å². The fourth-order valence-corrected chi connectivity index (χ4v) is 2.12. The number of ether oxygens (including phenoxy) is 1. The summed E-state index contributed by atoms with van der Waals surface area (Å²) in [5.41, 5.74) is 1.48. The number of carbonyl (C=O) groups is 1. The van der Waals surface area contributed by atoms with E-state index >= 15 is 0 Å². The van der Waals surface area contributed by atoms with Crippen molar-refractivity contribution in [2.75, 3.05) is 0 Å². The minimum Gasteiger partial charge on any atom is -0.508 e. The standard InChI is InChI=1S/C14H10Cl2O3/c15-12-5-11(18)6-13(16)14(12)19-8-10-3-1-9(7-17)2-4-10/h1-7,18H,8H2. The van der Waals surface area contributed by atoms with Crippen LogP contribution in [0, 0.1) is 0 Å². The Kier molecular flexibility index (Phi) is 4.30. The molecule has 0 saturated carbocycles. The fourth-order valence-electron chi connectivity index (χ4n) is 1.53. The Morgan fingerprint density at radius 3 is 2.21 bits per heavy atom. The third-order valence-corrected chi connectivity index (χ3v) is 3.04. The van der Waals surface area contributed by atoms with Gasteiger partial charge in [0.1, 0.15) is 18.6 Å². The molecule has 2 aromatic carbocycles. The molecule has 0 spiro atoms. The van der Waals surface area contributed by atoms with Gasteiger partial charge in [-0.25, -0.2) is 0 Å². The van der Waals surface area contributed by atoms with Crippen LogP contribution in [-0.4, -0.2) is 11.4 Å². The van der Waals surface area contributed by atoms with Crippen molar-refractivity contribution in [2.24, 2.45) is 0 Å². The van der Waals surface area contributed by atoms with Crippen LogP contribution in [0.1, 0.15) is 15.9 Å². The van der Waals surface area contributed by atoms with Crippen LogP contribution in [0.5, 0.6) is 11.5 Å². The number of rotatable bonds is 4. The van der Waals surface area contributed by atoms with Gasteiger partial charge < -0.3 is 9.84 Å².